The van der Waals surface area contributed by atoms with Gasteiger partial charge in [-0.3, -0.25) is 9.78 Å². The molecule has 0 radical (unpaired) electrons. The van der Waals surface area contributed by atoms with E-state index in [1.807, 2.05) is 12.3 Å². The van der Waals surface area contributed by atoms with Crippen molar-refractivity contribution in [3.63, 3.8) is 0 Å². The largest absolute Gasteiger partial charge is 0.362 e. The van der Waals surface area contributed by atoms with Crippen LogP contribution >= 0.6 is 0 Å². The van der Waals surface area contributed by atoms with Gasteiger partial charge in [0.05, 0.1) is 8.07 Å². The molecule has 2 heterocycles. The molecule has 0 saturated heterocycles. The Kier molecular flexibility index (Phi) is 4.72. The number of hydrogen-bond acceptors (Lipinski definition) is 2. The van der Waals surface area contributed by atoms with Gasteiger partial charge in [0.1, 0.15) is 5.82 Å². The molecule has 25 heavy (non-hydrogen) atoms. The number of amides is 1. The topological polar surface area (TPSA) is 57.8 Å². The molecule has 4 nitrogen and oxygen atoms in total. The zero-order valence-corrected chi connectivity index (χ0v) is 15.7. The SMILES string of the molecule is C[Si](C)(C)c1[nH]c2ccncc2c1CCNC(=O)c1cccc(F)c1. The summed E-state index contributed by atoms with van der Waals surface area (Å²) in [6.07, 6.45) is 4.37. The standard InChI is InChI=1S/C19H22FN3OSi/c1-25(2,3)19-15(16-12-21-9-8-17(16)23-19)7-10-22-18(24)13-5-4-6-14(20)11-13/h4-6,8-9,11-12,23H,7,10H2,1-3H3,(H,22,24). The second kappa shape index (κ2) is 6.80. The van der Waals surface area contributed by atoms with Crippen molar-refractivity contribution in [1.29, 1.82) is 0 Å². The molecule has 2 aromatic heterocycles. The number of aromatic amines is 1. The van der Waals surface area contributed by atoms with Crippen molar-refractivity contribution in [2.24, 2.45) is 0 Å². The third-order valence-corrected chi connectivity index (χ3v) is 6.13. The van der Waals surface area contributed by atoms with Crippen LogP contribution in [-0.2, 0) is 6.42 Å². The second-order valence-electron chi connectivity index (χ2n) is 7.17. The number of pyridine rings is 1. The zero-order valence-electron chi connectivity index (χ0n) is 14.7. The van der Waals surface area contributed by atoms with Crippen LogP contribution in [0.4, 0.5) is 4.39 Å². The van der Waals surface area contributed by atoms with Crippen LogP contribution in [-0.4, -0.2) is 30.5 Å². The smallest absolute Gasteiger partial charge is 0.251 e. The maximum atomic E-state index is 13.2. The molecule has 0 aliphatic carbocycles. The lowest BCUT2D eigenvalue weighted by Gasteiger charge is -2.17. The quantitative estimate of drug-likeness (QED) is 0.691. The van der Waals surface area contributed by atoms with Gasteiger partial charge in [-0.2, -0.15) is 0 Å². The summed E-state index contributed by atoms with van der Waals surface area (Å²) in [7, 11) is -1.56. The van der Waals surface area contributed by atoms with E-state index in [4.69, 9.17) is 0 Å². The summed E-state index contributed by atoms with van der Waals surface area (Å²) < 4.78 is 13.2. The Balaban J connectivity index is 1.78. The lowest BCUT2D eigenvalue weighted by Crippen LogP contribution is -2.41. The van der Waals surface area contributed by atoms with E-state index in [0.717, 1.165) is 10.9 Å². The molecule has 0 fully saturated rings. The highest BCUT2D eigenvalue weighted by molar-refractivity contribution is 6.88. The summed E-state index contributed by atoms with van der Waals surface area (Å²) in [5, 5.41) is 5.28. The Morgan fingerprint density at radius 3 is 2.80 bits per heavy atom. The third-order valence-electron chi connectivity index (χ3n) is 4.21. The number of nitrogens with one attached hydrogen (secondary N) is 2. The number of fused-ring (bicyclic) bond motifs is 1. The molecule has 2 N–H and O–H groups in total. The van der Waals surface area contributed by atoms with Crippen LogP contribution in [0.1, 0.15) is 15.9 Å². The Labute approximate surface area is 147 Å². The van der Waals surface area contributed by atoms with Crippen LogP contribution in [0.2, 0.25) is 19.6 Å². The fourth-order valence-corrected chi connectivity index (χ4v) is 4.70. The minimum atomic E-state index is -1.56. The molecular weight excluding hydrogens is 333 g/mol. The van der Waals surface area contributed by atoms with E-state index < -0.39 is 13.9 Å². The fraction of sp³-hybridized carbons (Fsp3) is 0.263. The van der Waals surface area contributed by atoms with Gasteiger partial charge in [0.2, 0.25) is 0 Å². The van der Waals surface area contributed by atoms with Crippen LogP contribution < -0.4 is 10.6 Å². The average Bonchev–Trinajstić information content (AvgIpc) is 2.94. The van der Waals surface area contributed by atoms with Crippen LogP contribution in [0.25, 0.3) is 10.9 Å². The molecule has 0 bridgehead atoms. The van der Waals surface area contributed by atoms with Crippen molar-refractivity contribution in [3.8, 4) is 0 Å². The first-order valence-electron chi connectivity index (χ1n) is 8.35. The van der Waals surface area contributed by atoms with E-state index in [-0.39, 0.29) is 5.91 Å². The summed E-state index contributed by atoms with van der Waals surface area (Å²) in [4.78, 5) is 20.0. The van der Waals surface area contributed by atoms with Gasteiger partial charge >= 0.3 is 0 Å². The van der Waals surface area contributed by atoms with Crippen LogP contribution in [0.3, 0.4) is 0 Å². The average molecular weight is 355 g/mol. The van der Waals surface area contributed by atoms with E-state index in [2.05, 4.69) is 34.9 Å². The van der Waals surface area contributed by atoms with E-state index in [9.17, 15) is 9.18 Å². The zero-order chi connectivity index (χ0) is 18.0. The first-order valence-corrected chi connectivity index (χ1v) is 11.8. The lowest BCUT2D eigenvalue weighted by atomic mass is 10.1. The molecule has 0 unspecified atom stereocenters. The van der Waals surface area contributed by atoms with Crippen LogP contribution in [0.5, 0.6) is 0 Å². The summed E-state index contributed by atoms with van der Waals surface area (Å²) in [6, 6.07) is 7.71. The second-order valence-corrected chi connectivity index (χ2v) is 12.2. The highest BCUT2D eigenvalue weighted by Gasteiger charge is 2.24. The molecule has 130 valence electrons. The number of hydrogen-bond donors (Lipinski definition) is 2. The summed E-state index contributed by atoms with van der Waals surface area (Å²) in [5.41, 5.74) is 2.65. The maximum Gasteiger partial charge on any atom is 0.251 e. The number of carbonyl (C=O) groups excluding carboxylic acids is 1. The first kappa shape index (κ1) is 17.4. The number of carbonyl (C=O) groups is 1. The van der Waals surface area contributed by atoms with E-state index >= 15 is 0 Å². The minimum absolute atomic E-state index is 0.257. The van der Waals surface area contributed by atoms with Gasteiger partial charge in [-0.15, -0.1) is 0 Å². The van der Waals surface area contributed by atoms with Gasteiger partial charge in [-0.1, -0.05) is 25.7 Å². The van der Waals surface area contributed by atoms with Gasteiger partial charge in [0, 0.05) is 40.7 Å². The molecule has 1 amide bonds. The van der Waals surface area contributed by atoms with Crippen molar-refractivity contribution < 1.29 is 9.18 Å². The van der Waals surface area contributed by atoms with Crippen molar-refractivity contribution in [1.82, 2.24) is 15.3 Å². The molecule has 0 atom stereocenters. The number of H-pyrrole nitrogens is 1. The molecule has 0 aliphatic rings. The summed E-state index contributed by atoms with van der Waals surface area (Å²) >= 11 is 0. The first-order chi connectivity index (χ1) is 11.9. The monoisotopic (exact) mass is 355 g/mol. The normalized spacial score (nSPS) is 11.7. The summed E-state index contributed by atoms with van der Waals surface area (Å²) in [5.74, 6) is -0.664. The van der Waals surface area contributed by atoms with Crippen molar-refractivity contribution >= 4 is 30.2 Å². The maximum absolute atomic E-state index is 13.2. The van der Waals surface area contributed by atoms with E-state index in [0.29, 0.717) is 18.5 Å². The van der Waals surface area contributed by atoms with E-state index in [1.165, 1.54) is 23.0 Å². The van der Waals surface area contributed by atoms with Gasteiger partial charge in [0.15, 0.2) is 0 Å². The number of aromatic nitrogens is 2. The molecule has 1 aromatic carbocycles. The lowest BCUT2D eigenvalue weighted by molar-refractivity contribution is 0.0953. The van der Waals surface area contributed by atoms with Crippen LogP contribution in [0.15, 0.2) is 42.7 Å². The van der Waals surface area contributed by atoms with Crippen molar-refractivity contribution in [3.05, 3.63) is 59.7 Å². The van der Waals surface area contributed by atoms with E-state index in [1.54, 1.807) is 18.3 Å². The fourth-order valence-electron chi connectivity index (χ4n) is 3.02. The predicted octanol–water partition coefficient (Wildman–Crippen LogP) is 3.22. The molecule has 6 heteroatoms. The molecular formula is C19H22FN3OSi. The van der Waals surface area contributed by atoms with Gasteiger partial charge in [0.25, 0.3) is 5.91 Å². The Morgan fingerprint density at radius 1 is 1.28 bits per heavy atom. The Bertz CT molecular complexity index is 914. The minimum Gasteiger partial charge on any atom is -0.362 e. The third kappa shape index (κ3) is 3.79. The molecule has 3 rings (SSSR count). The number of halogens is 1. The Hall–Kier alpha value is -2.47. The number of rotatable bonds is 5. The molecule has 0 saturated carbocycles. The van der Waals surface area contributed by atoms with Crippen molar-refractivity contribution in [2.45, 2.75) is 26.1 Å². The van der Waals surface area contributed by atoms with Crippen LogP contribution in [0, 0.1) is 5.82 Å². The molecule has 0 spiro atoms. The van der Waals surface area contributed by atoms with Crippen molar-refractivity contribution in [2.75, 3.05) is 6.54 Å². The Morgan fingerprint density at radius 2 is 2.08 bits per heavy atom. The van der Waals surface area contributed by atoms with Gasteiger partial charge in [-0.05, 0) is 36.2 Å². The highest BCUT2D eigenvalue weighted by atomic mass is 28.3. The number of nitrogens with zero attached hydrogens (tertiary/aromatic N) is 1. The number of benzene rings is 1. The summed E-state index contributed by atoms with van der Waals surface area (Å²) in [6.45, 7) is 7.37. The predicted molar refractivity (Wildman–Crippen MR) is 102 cm³/mol. The molecule has 0 aliphatic heterocycles. The molecule has 3 aromatic rings. The van der Waals surface area contributed by atoms with Gasteiger partial charge < -0.3 is 10.3 Å². The highest BCUT2D eigenvalue weighted by Crippen LogP contribution is 2.19. The van der Waals surface area contributed by atoms with Gasteiger partial charge in [-0.25, -0.2) is 4.39 Å².